The molecule has 0 atom stereocenters. The third-order valence-electron chi connectivity index (χ3n) is 2.99. The van der Waals surface area contributed by atoms with Crippen LogP contribution in [-0.4, -0.2) is 5.84 Å². The molecule has 0 aliphatic carbocycles. The monoisotopic (exact) mass is 226 g/mol. The van der Waals surface area contributed by atoms with E-state index >= 15 is 0 Å². The van der Waals surface area contributed by atoms with E-state index in [2.05, 4.69) is 0 Å². The van der Waals surface area contributed by atoms with Gasteiger partial charge in [0.1, 0.15) is 11.7 Å². The van der Waals surface area contributed by atoms with E-state index in [9.17, 15) is 4.39 Å². The van der Waals surface area contributed by atoms with Gasteiger partial charge >= 0.3 is 0 Å². The summed E-state index contributed by atoms with van der Waals surface area (Å²) < 4.78 is 13.2. The Morgan fingerprint density at radius 3 is 2.65 bits per heavy atom. The topological polar surface area (TPSA) is 27.1 Å². The lowest BCUT2D eigenvalue weighted by Gasteiger charge is -2.17. The van der Waals surface area contributed by atoms with Gasteiger partial charge in [0.05, 0.1) is 6.54 Å². The lowest BCUT2D eigenvalue weighted by atomic mass is 10.1. The largest absolute Gasteiger partial charge is 0.322 e. The predicted octanol–water partition coefficient (Wildman–Crippen LogP) is 3.17. The first-order valence-corrected chi connectivity index (χ1v) is 5.45. The molecule has 2 aromatic rings. The van der Waals surface area contributed by atoms with Gasteiger partial charge in [0.25, 0.3) is 0 Å². The fourth-order valence-electron chi connectivity index (χ4n) is 2.15. The van der Waals surface area contributed by atoms with E-state index in [0.29, 0.717) is 12.4 Å². The highest BCUT2D eigenvalue weighted by Gasteiger charge is 2.24. The van der Waals surface area contributed by atoms with Gasteiger partial charge in [-0.3, -0.25) is 5.41 Å². The number of benzene rings is 2. The minimum Gasteiger partial charge on any atom is -0.322 e. The average Bonchev–Trinajstić information content (AvgIpc) is 2.68. The molecule has 1 heterocycles. The number of fused-ring (bicyclic) bond motifs is 1. The van der Waals surface area contributed by atoms with Crippen molar-refractivity contribution in [2.45, 2.75) is 6.54 Å². The number of rotatable bonds is 1. The first-order valence-electron chi connectivity index (χ1n) is 5.45. The molecule has 3 heteroatoms. The Morgan fingerprint density at radius 2 is 1.88 bits per heavy atom. The molecule has 2 aromatic carbocycles. The fraction of sp³-hybridized carbons (Fsp3) is 0.0714. The molecule has 1 N–H and O–H groups in total. The summed E-state index contributed by atoms with van der Waals surface area (Å²) in [5.41, 5.74) is 2.77. The highest BCUT2D eigenvalue weighted by Crippen LogP contribution is 2.28. The number of hydrogen-bond acceptors (Lipinski definition) is 1. The van der Waals surface area contributed by atoms with Crippen LogP contribution in [0.15, 0.2) is 48.5 Å². The molecule has 84 valence electrons. The van der Waals surface area contributed by atoms with Gasteiger partial charge in [-0.15, -0.1) is 0 Å². The maximum absolute atomic E-state index is 13.2. The van der Waals surface area contributed by atoms with Crippen LogP contribution in [-0.2, 0) is 6.54 Å². The maximum atomic E-state index is 13.2. The third-order valence-corrected chi connectivity index (χ3v) is 2.99. The number of nitrogens with one attached hydrogen (secondary N) is 1. The van der Waals surface area contributed by atoms with Crippen LogP contribution in [0.25, 0.3) is 0 Å². The van der Waals surface area contributed by atoms with Gasteiger partial charge in [0, 0.05) is 11.3 Å². The molecular formula is C14H11FN2. The van der Waals surface area contributed by atoms with Crippen LogP contribution in [0.4, 0.5) is 10.1 Å². The van der Waals surface area contributed by atoms with E-state index in [-0.39, 0.29) is 5.82 Å². The van der Waals surface area contributed by atoms with E-state index in [1.165, 1.54) is 12.1 Å². The molecule has 0 amide bonds. The molecule has 0 bridgehead atoms. The molecule has 17 heavy (non-hydrogen) atoms. The standard InChI is InChI=1S/C14H11FN2/c15-11-5-3-6-12(8-11)17-9-10-4-1-2-7-13(10)14(17)16/h1-8,16H,9H2. The van der Waals surface area contributed by atoms with Crippen molar-refractivity contribution in [1.29, 1.82) is 5.41 Å². The highest BCUT2D eigenvalue weighted by molar-refractivity contribution is 6.11. The van der Waals surface area contributed by atoms with Crippen molar-refractivity contribution in [3.05, 3.63) is 65.5 Å². The summed E-state index contributed by atoms with van der Waals surface area (Å²) in [5.74, 6) is 0.164. The van der Waals surface area contributed by atoms with Crippen LogP contribution >= 0.6 is 0 Å². The Morgan fingerprint density at radius 1 is 1.06 bits per heavy atom. The van der Waals surface area contributed by atoms with Gasteiger partial charge < -0.3 is 4.90 Å². The molecule has 2 nitrogen and oxygen atoms in total. The Labute approximate surface area is 98.8 Å². The zero-order valence-corrected chi connectivity index (χ0v) is 9.15. The van der Waals surface area contributed by atoms with Crippen molar-refractivity contribution in [2.75, 3.05) is 4.90 Å². The minimum atomic E-state index is -0.272. The summed E-state index contributed by atoms with van der Waals surface area (Å²) in [7, 11) is 0. The second kappa shape index (κ2) is 3.70. The van der Waals surface area contributed by atoms with Crippen LogP contribution < -0.4 is 4.90 Å². The molecule has 0 saturated heterocycles. The van der Waals surface area contributed by atoms with E-state index in [0.717, 1.165) is 16.8 Å². The molecule has 3 rings (SSSR count). The summed E-state index contributed by atoms with van der Waals surface area (Å²) in [6, 6.07) is 14.2. The van der Waals surface area contributed by atoms with Crippen molar-refractivity contribution in [1.82, 2.24) is 0 Å². The number of hydrogen-bond donors (Lipinski definition) is 1. The normalized spacial score (nSPS) is 13.9. The van der Waals surface area contributed by atoms with Crippen molar-refractivity contribution >= 4 is 11.5 Å². The molecule has 0 saturated carbocycles. The zero-order valence-electron chi connectivity index (χ0n) is 9.15. The van der Waals surface area contributed by atoms with Crippen LogP contribution in [0.1, 0.15) is 11.1 Å². The van der Waals surface area contributed by atoms with Crippen molar-refractivity contribution in [3.63, 3.8) is 0 Å². The smallest absolute Gasteiger partial charge is 0.133 e. The summed E-state index contributed by atoms with van der Waals surface area (Å²) in [4.78, 5) is 1.81. The zero-order chi connectivity index (χ0) is 11.8. The highest BCUT2D eigenvalue weighted by atomic mass is 19.1. The van der Waals surface area contributed by atoms with E-state index in [4.69, 9.17) is 5.41 Å². The number of halogens is 1. The Balaban J connectivity index is 2.02. The Bertz CT molecular complexity index is 592. The quantitative estimate of drug-likeness (QED) is 0.794. The van der Waals surface area contributed by atoms with Crippen LogP contribution in [0.5, 0.6) is 0 Å². The molecule has 0 aromatic heterocycles. The lowest BCUT2D eigenvalue weighted by molar-refractivity contribution is 0.627. The van der Waals surface area contributed by atoms with Crippen LogP contribution in [0, 0.1) is 11.2 Å². The first-order chi connectivity index (χ1) is 8.25. The molecule has 0 fully saturated rings. The van der Waals surface area contributed by atoms with Crippen molar-refractivity contribution < 1.29 is 4.39 Å². The number of nitrogens with zero attached hydrogens (tertiary/aromatic N) is 1. The Kier molecular flexibility index (Phi) is 2.18. The van der Waals surface area contributed by atoms with Crippen LogP contribution in [0.3, 0.4) is 0 Å². The minimum absolute atomic E-state index is 0.272. The third kappa shape index (κ3) is 1.60. The van der Waals surface area contributed by atoms with Crippen molar-refractivity contribution in [3.8, 4) is 0 Å². The molecule has 0 spiro atoms. The van der Waals surface area contributed by atoms with Crippen molar-refractivity contribution in [2.24, 2.45) is 0 Å². The van der Waals surface area contributed by atoms with Gasteiger partial charge in [-0.05, 0) is 23.8 Å². The van der Waals surface area contributed by atoms with Gasteiger partial charge in [-0.2, -0.15) is 0 Å². The summed E-state index contributed by atoms with van der Waals surface area (Å²) in [5, 5.41) is 8.10. The predicted molar refractivity (Wildman–Crippen MR) is 65.9 cm³/mol. The first kappa shape index (κ1) is 10.0. The average molecular weight is 226 g/mol. The molecular weight excluding hydrogens is 215 g/mol. The molecule has 0 radical (unpaired) electrons. The van der Waals surface area contributed by atoms with E-state index in [1.807, 2.05) is 35.2 Å². The summed E-state index contributed by atoms with van der Waals surface area (Å²) >= 11 is 0. The maximum Gasteiger partial charge on any atom is 0.133 e. The van der Waals surface area contributed by atoms with E-state index in [1.54, 1.807) is 6.07 Å². The van der Waals surface area contributed by atoms with Gasteiger partial charge in [-0.25, -0.2) is 4.39 Å². The Hall–Kier alpha value is -2.16. The summed E-state index contributed by atoms with van der Waals surface area (Å²) in [6.45, 7) is 0.637. The van der Waals surface area contributed by atoms with Crippen LogP contribution in [0.2, 0.25) is 0 Å². The van der Waals surface area contributed by atoms with Gasteiger partial charge in [0.15, 0.2) is 0 Å². The molecule has 0 unspecified atom stereocenters. The summed E-state index contributed by atoms with van der Waals surface area (Å²) in [6.07, 6.45) is 0. The van der Waals surface area contributed by atoms with E-state index < -0.39 is 0 Å². The SMILES string of the molecule is N=C1c2ccccc2CN1c1cccc(F)c1. The van der Waals surface area contributed by atoms with Gasteiger partial charge in [0.2, 0.25) is 0 Å². The second-order valence-corrected chi connectivity index (χ2v) is 4.07. The number of anilines is 1. The number of amidine groups is 1. The molecule has 1 aliphatic heterocycles. The van der Waals surface area contributed by atoms with Gasteiger partial charge in [-0.1, -0.05) is 30.3 Å². The lowest BCUT2D eigenvalue weighted by Crippen LogP contribution is -2.23. The fourth-order valence-corrected chi connectivity index (χ4v) is 2.15. The second-order valence-electron chi connectivity index (χ2n) is 4.07. The molecule has 1 aliphatic rings.